The summed E-state index contributed by atoms with van der Waals surface area (Å²) in [6.45, 7) is 8.99. The SMILES string of the molecule is CNC(=O)COc1cc2cc(Nc3nc(N4CCN(CC5CCN(c6c(F)ccc7c6CN(C6CCC(=O)NC6=O)C7=O)CC5)CC4)ncc3Cl)ccc2n(C(C)C)c1=O. The summed E-state index contributed by atoms with van der Waals surface area (Å²) >= 11 is 6.59. The Labute approximate surface area is 351 Å². The van der Waals surface area contributed by atoms with Crippen molar-refractivity contribution in [2.45, 2.75) is 58.2 Å². The van der Waals surface area contributed by atoms with Gasteiger partial charge in [-0.15, -0.1) is 0 Å². The first kappa shape index (κ1) is 40.9. The predicted octanol–water partition coefficient (Wildman–Crippen LogP) is 3.83. The molecule has 6 heterocycles. The number of anilines is 4. The molecule has 316 valence electrons. The Bertz CT molecular complexity index is 2410. The van der Waals surface area contributed by atoms with E-state index in [1.807, 2.05) is 36.9 Å². The van der Waals surface area contributed by atoms with E-state index in [0.717, 1.165) is 56.5 Å². The number of pyridine rings is 1. The van der Waals surface area contributed by atoms with Crippen molar-refractivity contribution >= 4 is 69.3 Å². The molecule has 60 heavy (non-hydrogen) atoms. The monoisotopic (exact) mass is 842 g/mol. The molecule has 2 aromatic carbocycles. The van der Waals surface area contributed by atoms with E-state index >= 15 is 4.39 Å². The lowest BCUT2D eigenvalue weighted by molar-refractivity contribution is -0.137. The fraction of sp³-hybridized carbons (Fsp3) is 0.452. The minimum Gasteiger partial charge on any atom is -0.478 e. The van der Waals surface area contributed by atoms with Crippen LogP contribution in [0.3, 0.4) is 0 Å². The number of nitrogens with zero attached hydrogens (tertiary/aromatic N) is 7. The highest BCUT2D eigenvalue weighted by molar-refractivity contribution is 6.33. The van der Waals surface area contributed by atoms with Crippen molar-refractivity contribution in [2.75, 3.05) is 74.6 Å². The van der Waals surface area contributed by atoms with Gasteiger partial charge in [-0.1, -0.05) is 11.6 Å². The number of carbonyl (C=O) groups is 4. The number of hydrogen-bond acceptors (Lipinski definition) is 12. The van der Waals surface area contributed by atoms with E-state index in [1.54, 1.807) is 16.8 Å². The number of amides is 4. The number of rotatable bonds is 11. The number of fused-ring (bicyclic) bond motifs is 2. The van der Waals surface area contributed by atoms with Crippen molar-refractivity contribution < 1.29 is 28.3 Å². The fourth-order valence-corrected chi connectivity index (χ4v) is 8.88. The van der Waals surface area contributed by atoms with Gasteiger partial charge in [0, 0.05) is 94.1 Å². The van der Waals surface area contributed by atoms with E-state index in [2.05, 4.69) is 30.7 Å². The molecular formula is C42H48ClFN10O6. The van der Waals surface area contributed by atoms with Crippen molar-refractivity contribution in [3.63, 3.8) is 0 Å². The number of benzene rings is 2. The zero-order chi connectivity index (χ0) is 42.2. The van der Waals surface area contributed by atoms with Gasteiger partial charge >= 0.3 is 0 Å². The highest BCUT2D eigenvalue weighted by Gasteiger charge is 2.41. The van der Waals surface area contributed by atoms with E-state index in [4.69, 9.17) is 21.3 Å². The maximum absolute atomic E-state index is 15.5. The van der Waals surface area contributed by atoms with Crippen LogP contribution in [0.5, 0.6) is 5.75 Å². The van der Waals surface area contributed by atoms with Gasteiger partial charge < -0.3 is 34.6 Å². The summed E-state index contributed by atoms with van der Waals surface area (Å²) in [6, 6.07) is 9.17. The number of likely N-dealkylation sites (N-methyl/N-ethyl adjacent to an activating group) is 1. The van der Waals surface area contributed by atoms with Gasteiger partial charge in [0.2, 0.25) is 17.8 Å². The third kappa shape index (κ3) is 8.19. The summed E-state index contributed by atoms with van der Waals surface area (Å²) in [5.41, 5.74) is 2.56. The van der Waals surface area contributed by atoms with Crippen LogP contribution in [0, 0.1) is 11.7 Å². The van der Waals surface area contributed by atoms with Crippen molar-refractivity contribution in [3.05, 3.63) is 74.9 Å². The molecule has 4 aliphatic heterocycles. The smallest absolute Gasteiger partial charge is 0.293 e. The molecule has 2 aromatic heterocycles. The lowest BCUT2D eigenvalue weighted by Gasteiger charge is -2.39. The van der Waals surface area contributed by atoms with Gasteiger partial charge in [-0.3, -0.25) is 34.2 Å². The minimum absolute atomic E-state index is 0.0784. The topological polar surface area (TPSA) is 174 Å². The van der Waals surface area contributed by atoms with E-state index < -0.39 is 11.9 Å². The third-order valence-corrected chi connectivity index (χ3v) is 12.2. The largest absolute Gasteiger partial charge is 0.478 e. The zero-order valence-electron chi connectivity index (χ0n) is 33.8. The average Bonchev–Trinajstić information content (AvgIpc) is 3.56. The van der Waals surface area contributed by atoms with Gasteiger partial charge in [0.05, 0.1) is 17.4 Å². The summed E-state index contributed by atoms with van der Waals surface area (Å²) in [6.07, 6.45) is 3.75. The van der Waals surface area contributed by atoms with Gasteiger partial charge in [0.15, 0.2) is 18.2 Å². The summed E-state index contributed by atoms with van der Waals surface area (Å²) < 4.78 is 22.7. The van der Waals surface area contributed by atoms with Crippen LogP contribution in [0.1, 0.15) is 61.5 Å². The van der Waals surface area contributed by atoms with Crippen molar-refractivity contribution in [1.29, 1.82) is 0 Å². The van der Waals surface area contributed by atoms with Crippen LogP contribution in [-0.4, -0.2) is 113 Å². The molecule has 4 amide bonds. The molecule has 18 heteroatoms. The third-order valence-electron chi connectivity index (χ3n) is 11.9. The number of imide groups is 1. The van der Waals surface area contributed by atoms with Crippen molar-refractivity contribution in [2.24, 2.45) is 5.92 Å². The molecule has 1 unspecified atom stereocenters. The Kier molecular flexibility index (Phi) is 11.6. The minimum atomic E-state index is -0.752. The summed E-state index contributed by atoms with van der Waals surface area (Å²) in [5, 5.41) is 9.22. The number of halogens is 2. The fourth-order valence-electron chi connectivity index (χ4n) is 8.74. The lowest BCUT2D eigenvalue weighted by Crippen LogP contribution is -2.52. The number of nitrogens with one attached hydrogen (secondary N) is 3. The normalized spacial score (nSPS) is 18.9. The molecular weight excluding hydrogens is 795 g/mol. The second-order valence-corrected chi connectivity index (χ2v) is 16.5. The Morgan fingerprint density at radius 1 is 1.00 bits per heavy atom. The average molecular weight is 843 g/mol. The van der Waals surface area contributed by atoms with Gasteiger partial charge in [-0.2, -0.15) is 4.98 Å². The number of piperazine rings is 1. The molecule has 0 aliphatic carbocycles. The van der Waals surface area contributed by atoms with Crippen LogP contribution in [0.2, 0.25) is 5.02 Å². The van der Waals surface area contributed by atoms with Crippen LogP contribution in [0.15, 0.2) is 47.4 Å². The van der Waals surface area contributed by atoms with E-state index in [0.29, 0.717) is 58.3 Å². The Morgan fingerprint density at radius 2 is 1.77 bits per heavy atom. The maximum atomic E-state index is 15.5. The van der Waals surface area contributed by atoms with E-state index in [9.17, 15) is 24.0 Å². The molecule has 4 aliphatic rings. The van der Waals surface area contributed by atoms with E-state index in [-0.39, 0.29) is 66.9 Å². The first-order valence-corrected chi connectivity index (χ1v) is 20.8. The van der Waals surface area contributed by atoms with Gasteiger partial charge in [-0.05, 0) is 75.4 Å². The number of aromatic nitrogens is 3. The Hall–Kier alpha value is -5.81. The molecule has 0 radical (unpaired) electrons. The highest BCUT2D eigenvalue weighted by atomic mass is 35.5. The van der Waals surface area contributed by atoms with Gasteiger partial charge in [0.1, 0.15) is 16.9 Å². The van der Waals surface area contributed by atoms with Crippen LogP contribution >= 0.6 is 11.6 Å². The van der Waals surface area contributed by atoms with Crippen LogP contribution in [-0.2, 0) is 20.9 Å². The predicted molar refractivity (Wildman–Crippen MR) is 225 cm³/mol. The number of piperidine rings is 2. The maximum Gasteiger partial charge on any atom is 0.293 e. The summed E-state index contributed by atoms with van der Waals surface area (Å²) in [4.78, 5) is 80.1. The molecule has 0 bridgehead atoms. The zero-order valence-corrected chi connectivity index (χ0v) is 34.6. The molecule has 3 saturated heterocycles. The second kappa shape index (κ2) is 17.0. The number of ether oxygens (including phenoxy) is 1. The number of carbonyl (C=O) groups excluding carboxylic acids is 4. The first-order valence-electron chi connectivity index (χ1n) is 20.4. The molecule has 8 rings (SSSR count). The molecule has 0 saturated carbocycles. The standard InChI is InChI=1S/C42H48ClFN10O6/c1-24(2)54-32-7-4-27(18-26(32)19-34(41(54)59)60-23-36(56)45-3)47-38-30(43)20-46-42(49-38)52-16-14-50(15-17-52)21-25-10-12-51(13-11-25)37-29-22-53(33-8-9-35(55)48-39(33)57)40(58)28(29)5-6-31(37)44/h4-7,18-20,24-25,33H,8-17,21-23H2,1-3H3,(H,45,56)(H,46,47,49)(H,48,55,57). The molecule has 3 fully saturated rings. The van der Waals surface area contributed by atoms with E-state index in [1.165, 1.54) is 24.1 Å². The highest BCUT2D eigenvalue weighted by Crippen LogP contribution is 2.38. The van der Waals surface area contributed by atoms with Crippen LogP contribution in [0.25, 0.3) is 10.9 Å². The van der Waals surface area contributed by atoms with Crippen molar-refractivity contribution in [3.8, 4) is 5.75 Å². The lowest BCUT2D eigenvalue weighted by atomic mass is 9.94. The van der Waals surface area contributed by atoms with Crippen molar-refractivity contribution in [1.82, 2.24) is 35.0 Å². The number of hydrogen-bond donors (Lipinski definition) is 3. The second-order valence-electron chi connectivity index (χ2n) is 16.0. The van der Waals surface area contributed by atoms with Gasteiger partial charge in [0.25, 0.3) is 17.4 Å². The Balaban J connectivity index is 0.871. The quantitative estimate of drug-likeness (QED) is 0.187. The molecule has 3 N–H and O–H groups in total. The summed E-state index contributed by atoms with van der Waals surface area (Å²) in [5.74, 6) is -0.358. The van der Waals surface area contributed by atoms with Crippen LogP contribution < -0.4 is 36.0 Å². The summed E-state index contributed by atoms with van der Waals surface area (Å²) in [7, 11) is 1.50. The molecule has 4 aromatic rings. The molecule has 0 spiro atoms. The van der Waals surface area contributed by atoms with Crippen LogP contribution in [0.4, 0.5) is 27.5 Å². The molecule has 16 nitrogen and oxygen atoms in total. The first-order chi connectivity index (χ1) is 28.9. The molecule has 1 atom stereocenters. The van der Waals surface area contributed by atoms with Gasteiger partial charge in [-0.25, -0.2) is 9.37 Å². The Morgan fingerprint density at radius 3 is 2.48 bits per heavy atom.